The van der Waals surface area contributed by atoms with Crippen LogP contribution in [-0.4, -0.2) is 50.9 Å². The van der Waals surface area contributed by atoms with Gasteiger partial charge in [-0.15, -0.1) is 0 Å². The average Bonchev–Trinajstić information content (AvgIpc) is 3.07. The number of aryl methyl sites for hydroxylation is 2. The summed E-state index contributed by atoms with van der Waals surface area (Å²) in [5, 5.41) is 3.02. The van der Waals surface area contributed by atoms with Crippen LogP contribution in [0.3, 0.4) is 0 Å². The lowest BCUT2D eigenvalue weighted by Crippen LogP contribution is -2.53. The summed E-state index contributed by atoms with van der Waals surface area (Å²) < 4.78 is 35.6. The first-order chi connectivity index (χ1) is 22.6. The minimum absolute atomic E-state index is 0.0467. The Labute approximate surface area is 279 Å². The molecule has 4 rings (SSSR count). The number of sulfonamides is 1. The zero-order chi connectivity index (χ0) is 33.8. The Morgan fingerprint density at radius 2 is 1.40 bits per heavy atom. The molecular formula is C38H45N3O5S. The van der Waals surface area contributed by atoms with Crippen LogP contribution >= 0.6 is 0 Å². The molecule has 0 radical (unpaired) electrons. The van der Waals surface area contributed by atoms with E-state index >= 15 is 0 Å². The van der Waals surface area contributed by atoms with Gasteiger partial charge in [0.15, 0.2) is 0 Å². The van der Waals surface area contributed by atoms with Crippen molar-refractivity contribution in [1.29, 1.82) is 0 Å². The van der Waals surface area contributed by atoms with E-state index in [2.05, 4.69) is 5.32 Å². The molecule has 1 N–H and O–H groups in total. The molecule has 0 aromatic heterocycles. The minimum Gasteiger partial charge on any atom is -0.492 e. The molecule has 4 aromatic carbocycles. The number of unbranched alkanes of at least 4 members (excludes halogenated alkanes) is 1. The minimum atomic E-state index is -4.24. The highest BCUT2D eigenvalue weighted by Crippen LogP contribution is 2.33. The van der Waals surface area contributed by atoms with Crippen LogP contribution in [0.5, 0.6) is 5.75 Å². The van der Waals surface area contributed by atoms with Crippen LogP contribution in [0.1, 0.15) is 48.9 Å². The molecule has 0 aliphatic carbocycles. The quantitative estimate of drug-likeness (QED) is 0.140. The Bertz CT molecular complexity index is 1710. The third kappa shape index (κ3) is 9.45. The van der Waals surface area contributed by atoms with Gasteiger partial charge in [0.05, 0.1) is 17.2 Å². The summed E-state index contributed by atoms with van der Waals surface area (Å²) in [6, 6.07) is 29.7. The maximum Gasteiger partial charge on any atom is 0.264 e. The molecule has 0 aliphatic heterocycles. The largest absolute Gasteiger partial charge is 0.492 e. The highest BCUT2D eigenvalue weighted by molar-refractivity contribution is 7.92. The van der Waals surface area contributed by atoms with Crippen molar-refractivity contribution in [2.45, 2.75) is 64.4 Å². The topological polar surface area (TPSA) is 96.0 Å². The molecule has 1 unspecified atom stereocenters. The molecule has 47 heavy (non-hydrogen) atoms. The molecule has 0 saturated heterocycles. The standard InChI is InChI=1S/C38H45N3O5S/c1-5-7-25-39-38(43)35(26-31-13-9-8-10-14-31)40(27-32-21-17-29(3)18-22-32)37(42)28-41(34-15-11-12-16-36(34)46-6-2)47(44,45)33-23-19-30(4)20-24-33/h8-24,35H,5-7,25-28H2,1-4H3,(H,39,43). The van der Waals surface area contributed by atoms with E-state index in [0.29, 0.717) is 18.9 Å². The van der Waals surface area contributed by atoms with E-state index in [1.54, 1.807) is 36.4 Å². The van der Waals surface area contributed by atoms with Gasteiger partial charge in [-0.1, -0.05) is 103 Å². The van der Waals surface area contributed by atoms with Gasteiger partial charge in [0.2, 0.25) is 11.8 Å². The number of para-hydroxylation sites is 2. The van der Waals surface area contributed by atoms with Crippen molar-refractivity contribution >= 4 is 27.5 Å². The summed E-state index contributed by atoms with van der Waals surface area (Å²) in [5.41, 5.74) is 3.92. The number of benzene rings is 4. The highest BCUT2D eigenvalue weighted by atomic mass is 32.2. The van der Waals surface area contributed by atoms with Crippen molar-refractivity contribution in [3.05, 3.63) is 125 Å². The van der Waals surface area contributed by atoms with Crippen LogP contribution in [0.25, 0.3) is 0 Å². The van der Waals surface area contributed by atoms with E-state index in [9.17, 15) is 18.0 Å². The maximum atomic E-state index is 14.7. The second-order valence-corrected chi connectivity index (χ2v) is 13.4. The molecule has 0 saturated carbocycles. The Kier molecular flexibility index (Phi) is 12.6. The smallest absolute Gasteiger partial charge is 0.264 e. The summed E-state index contributed by atoms with van der Waals surface area (Å²) in [6.07, 6.45) is 1.96. The summed E-state index contributed by atoms with van der Waals surface area (Å²) in [5.74, 6) is -0.466. The fourth-order valence-corrected chi connectivity index (χ4v) is 6.67. The molecule has 8 nitrogen and oxygen atoms in total. The van der Waals surface area contributed by atoms with Crippen LogP contribution < -0.4 is 14.4 Å². The first kappa shape index (κ1) is 35.2. The number of rotatable bonds is 16. The molecule has 1 atom stereocenters. The number of amides is 2. The van der Waals surface area contributed by atoms with Gasteiger partial charge >= 0.3 is 0 Å². The predicted molar refractivity (Wildman–Crippen MR) is 187 cm³/mol. The lowest BCUT2D eigenvalue weighted by Gasteiger charge is -2.34. The second-order valence-electron chi connectivity index (χ2n) is 11.6. The van der Waals surface area contributed by atoms with Gasteiger partial charge in [-0.2, -0.15) is 0 Å². The van der Waals surface area contributed by atoms with Gasteiger partial charge in [-0.3, -0.25) is 13.9 Å². The molecular weight excluding hydrogens is 611 g/mol. The number of hydrogen-bond donors (Lipinski definition) is 1. The van der Waals surface area contributed by atoms with E-state index in [1.165, 1.54) is 17.0 Å². The molecule has 2 amide bonds. The highest BCUT2D eigenvalue weighted by Gasteiger charge is 2.35. The number of ether oxygens (including phenoxy) is 1. The van der Waals surface area contributed by atoms with E-state index in [-0.39, 0.29) is 29.5 Å². The number of nitrogens with one attached hydrogen (secondary N) is 1. The van der Waals surface area contributed by atoms with Gasteiger partial charge in [-0.05, 0) is 62.6 Å². The molecule has 0 heterocycles. The molecule has 0 fully saturated rings. The van der Waals surface area contributed by atoms with E-state index < -0.39 is 28.5 Å². The number of anilines is 1. The molecule has 248 valence electrons. The van der Waals surface area contributed by atoms with Crippen LogP contribution in [0.2, 0.25) is 0 Å². The third-order valence-electron chi connectivity index (χ3n) is 7.90. The van der Waals surface area contributed by atoms with Crippen LogP contribution in [-0.2, 0) is 32.6 Å². The second kappa shape index (κ2) is 16.8. The molecule has 4 aromatic rings. The van der Waals surface area contributed by atoms with Crippen molar-refractivity contribution in [2.24, 2.45) is 0 Å². The Balaban J connectivity index is 1.82. The van der Waals surface area contributed by atoms with Gasteiger partial charge in [0, 0.05) is 19.5 Å². The lowest BCUT2D eigenvalue weighted by atomic mass is 10.0. The van der Waals surface area contributed by atoms with Crippen molar-refractivity contribution in [2.75, 3.05) is 24.0 Å². The van der Waals surface area contributed by atoms with E-state index in [4.69, 9.17) is 4.74 Å². The van der Waals surface area contributed by atoms with Gasteiger partial charge in [0.1, 0.15) is 18.3 Å². The van der Waals surface area contributed by atoms with Crippen molar-refractivity contribution in [1.82, 2.24) is 10.2 Å². The summed E-state index contributed by atoms with van der Waals surface area (Å²) in [6.45, 7) is 8.07. The normalized spacial score (nSPS) is 11.8. The van der Waals surface area contributed by atoms with Gasteiger partial charge in [0.25, 0.3) is 10.0 Å². The third-order valence-corrected chi connectivity index (χ3v) is 9.67. The fourth-order valence-electron chi connectivity index (χ4n) is 5.24. The molecule has 0 spiro atoms. The Morgan fingerprint density at radius 1 is 0.787 bits per heavy atom. The number of carbonyl (C=O) groups is 2. The maximum absolute atomic E-state index is 14.7. The number of nitrogens with zero attached hydrogens (tertiary/aromatic N) is 2. The van der Waals surface area contributed by atoms with E-state index in [0.717, 1.165) is 39.4 Å². The van der Waals surface area contributed by atoms with Crippen LogP contribution in [0.15, 0.2) is 108 Å². The first-order valence-corrected chi connectivity index (χ1v) is 17.6. The zero-order valence-corrected chi connectivity index (χ0v) is 28.5. The average molecular weight is 656 g/mol. The summed E-state index contributed by atoms with van der Waals surface area (Å²) in [4.78, 5) is 30.1. The Morgan fingerprint density at radius 3 is 2.04 bits per heavy atom. The molecule has 0 bridgehead atoms. The lowest BCUT2D eigenvalue weighted by molar-refractivity contribution is -0.140. The molecule has 9 heteroatoms. The van der Waals surface area contributed by atoms with Crippen LogP contribution in [0, 0.1) is 13.8 Å². The fraction of sp³-hybridized carbons (Fsp3) is 0.316. The summed E-state index contributed by atoms with van der Waals surface area (Å²) >= 11 is 0. The predicted octanol–water partition coefficient (Wildman–Crippen LogP) is 6.45. The van der Waals surface area contributed by atoms with E-state index in [1.807, 2.05) is 82.3 Å². The summed E-state index contributed by atoms with van der Waals surface area (Å²) in [7, 11) is -4.24. The number of carbonyl (C=O) groups excluding carboxylic acids is 2. The SMILES string of the molecule is CCCCNC(=O)C(Cc1ccccc1)N(Cc1ccc(C)cc1)C(=O)CN(c1ccccc1OCC)S(=O)(=O)c1ccc(C)cc1. The van der Waals surface area contributed by atoms with Gasteiger partial charge in [-0.25, -0.2) is 8.42 Å². The first-order valence-electron chi connectivity index (χ1n) is 16.1. The van der Waals surface area contributed by atoms with Crippen molar-refractivity contribution < 1.29 is 22.7 Å². The molecule has 0 aliphatic rings. The van der Waals surface area contributed by atoms with Crippen LogP contribution in [0.4, 0.5) is 5.69 Å². The zero-order valence-electron chi connectivity index (χ0n) is 27.7. The van der Waals surface area contributed by atoms with Crippen molar-refractivity contribution in [3.8, 4) is 5.75 Å². The van der Waals surface area contributed by atoms with Gasteiger partial charge < -0.3 is 15.0 Å². The monoisotopic (exact) mass is 655 g/mol. The Hall–Kier alpha value is -4.63. The number of hydrogen-bond acceptors (Lipinski definition) is 5. The van der Waals surface area contributed by atoms with Crippen molar-refractivity contribution in [3.63, 3.8) is 0 Å².